The normalized spacial score (nSPS) is 15.9. The number of carbonyl (C=O) groups is 1. The van der Waals surface area contributed by atoms with Gasteiger partial charge in [0.25, 0.3) is 0 Å². The summed E-state index contributed by atoms with van der Waals surface area (Å²) in [7, 11) is -3.17. The fourth-order valence-corrected chi connectivity index (χ4v) is 4.10. The van der Waals surface area contributed by atoms with Gasteiger partial charge in [-0.1, -0.05) is 25.1 Å². The maximum atomic E-state index is 12.0. The smallest absolute Gasteiger partial charge is 0.315 e. The molecule has 8 heteroatoms. The Labute approximate surface area is 156 Å². The first-order chi connectivity index (χ1) is 12.4. The third kappa shape index (κ3) is 6.49. The van der Waals surface area contributed by atoms with E-state index in [2.05, 4.69) is 27.7 Å². The SMILES string of the molecule is CCN(CCCNC(=O)NC1CCN(c2ccccc2)CC1)S(C)(=O)=O. The zero-order chi connectivity index (χ0) is 19.0. The largest absolute Gasteiger partial charge is 0.371 e. The van der Waals surface area contributed by atoms with E-state index in [-0.39, 0.29) is 12.1 Å². The van der Waals surface area contributed by atoms with Crippen molar-refractivity contribution in [3.63, 3.8) is 0 Å². The lowest BCUT2D eigenvalue weighted by atomic mass is 10.0. The van der Waals surface area contributed by atoms with Crippen LogP contribution in [0.25, 0.3) is 0 Å². The second-order valence-corrected chi connectivity index (χ2v) is 8.59. The molecule has 1 aromatic rings. The molecule has 0 spiro atoms. The lowest BCUT2D eigenvalue weighted by Gasteiger charge is -2.34. The summed E-state index contributed by atoms with van der Waals surface area (Å²) in [6.07, 6.45) is 3.64. The highest BCUT2D eigenvalue weighted by Crippen LogP contribution is 2.19. The number of anilines is 1. The summed E-state index contributed by atoms with van der Waals surface area (Å²) in [4.78, 5) is 14.3. The van der Waals surface area contributed by atoms with Crippen molar-refractivity contribution in [2.24, 2.45) is 0 Å². The first-order valence-electron chi connectivity index (χ1n) is 9.19. The van der Waals surface area contributed by atoms with Crippen LogP contribution < -0.4 is 15.5 Å². The van der Waals surface area contributed by atoms with Crippen molar-refractivity contribution >= 4 is 21.7 Å². The summed E-state index contributed by atoms with van der Waals surface area (Å²) >= 11 is 0. The van der Waals surface area contributed by atoms with Crippen molar-refractivity contribution in [1.29, 1.82) is 0 Å². The summed E-state index contributed by atoms with van der Waals surface area (Å²) in [6.45, 7) is 4.99. The van der Waals surface area contributed by atoms with Gasteiger partial charge in [0, 0.05) is 44.5 Å². The average Bonchev–Trinajstić information content (AvgIpc) is 2.62. The third-order valence-corrected chi connectivity index (χ3v) is 6.02. The fraction of sp³-hybridized carbons (Fsp3) is 0.611. The number of piperidine rings is 1. The van der Waals surface area contributed by atoms with E-state index in [0.717, 1.165) is 25.9 Å². The maximum absolute atomic E-state index is 12.0. The maximum Gasteiger partial charge on any atom is 0.315 e. The van der Waals surface area contributed by atoms with Gasteiger partial charge < -0.3 is 15.5 Å². The molecular weight excluding hydrogens is 352 g/mol. The van der Waals surface area contributed by atoms with Gasteiger partial charge in [0.2, 0.25) is 10.0 Å². The predicted molar refractivity (Wildman–Crippen MR) is 105 cm³/mol. The van der Waals surface area contributed by atoms with Crippen LogP contribution in [0, 0.1) is 0 Å². The topological polar surface area (TPSA) is 81.8 Å². The minimum Gasteiger partial charge on any atom is -0.371 e. The van der Waals surface area contributed by atoms with E-state index in [4.69, 9.17) is 0 Å². The van der Waals surface area contributed by atoms with Gasteiger partial charge in [-0.3, -0.25) is 0 Å². The lowest BCUT2D eigenvalue weighted by molar-refractivity contribution is 0.234. The van der Waals surface area contributed by atoms with Crippen LogP contribution in [0.1, 0.15) is 26.2 Å². The van der Waals surface area contributed by atoms with Gasteiger partial charge in [-0.15, -0.1) is 0 Å². The molecule has 2 rings (SSSR count). The molecule has 2 amide bonds. The van der Waals surface area contributed by atoms with E-state index < -0.39 is 10.0 Å². The molecule has 0 saturated carbocycles. The van der Waals surface area contributed by atoms with Crippen molar-refractivity contribution in [3.8, 4) is 0 Å². The molecule has 0 aromatic heterocycles. The molecule has 0 aliphatic carbocycles. The summed E-state index contributed by atoms with van der Waals surface area (Å²) in [5.41, 5.74) is 1.22. The lowest BCUT2D eigenvalue weighted by Crippen LogP contribution is -2.48. The van der Waals surface area contributed by atoms with Crippen LogP contribution in [-0.4, -0.2) is 63.8 Å². The molecule has 0 bridgehead atoms. The third-order valence-electron chi connectivity index (χ3n) is 4.64. The van der Waals surface area contributed by atoms with Crippen molar-refractivity contribution < 1.29 is 13.2 Å². The monoisotopic (exact) mass is 382 g/mol. The second kappa shape index (κ2) is 9.78. The van der Waals surface area contributed by atoms with Crippen molar-refractivity contribution in [3.05, 3.63) is 30.3 Å². The number of hydrogen-bond acceptors (Lipinski definition) is 4. The molecule has 1 fully saturated rings. The number of sulfonamides is 1. The molecule has 1 heterocycles. The van der Waals surface area contributed by atoms with E-state index in [1.54, 1.807) is 0 Å². The molecule has 0 atom stereocenters. The number of rotatable bonds is 8. The molecule has 1 aromatic carbocycles. The minimum atomic E-state index is -3.17. The molecule has 26 heavy (non-hydrogen) atoms. The quantitative estimate of drug-likeness (QED) is 0.670. The standard InChI is InChI=1S/C18H30N4O3S/c1-3-22(26(2,24)25)13-7-12-19-18(23)20-16-10-14-21(15-11-16)17-8-5-4-6-9-17/h4-6,8-9,16H,3,7,10-15H2,1-2H3,(H2,19,20,23). The number of nitrogens with zero attached hydrogens (tertiary/aromatic N) is 2. The Morgan fingerprint density at radius 2 is 1.88 bits per heavy atom. The van der Waals surface area contributed by atoms with Crippen molar-refractivity contribution in [2.45, 2.75) is 32.2 Å². The molecule has 7 nitrogen and oxygen atoms in total. The predicted octanol–water partition coefficient (Wildman–Crippen LogP) is 1.63. The highest BCUT2D eigenvalue weighted by Gasteiger charge is 2.20. The molecule has 0 radical (unpaired) electrons. The summed E-state index contributed by atoms with van der Waals surface area (Å²) in [5.74, 6) is 0. The first-order valence-corrected chi connectivity index (χ1v) is 11.0. The number of carbonyl (C=O) groups excluding carboxylic acids is 1. The van der Waals surface area contributed by atoms with E-state index in [9.17, 15) is 13.2 Å². The highest BCUT2D eigenvalue weighted by atomic mass is 32.2. The van der Waals surface area contributed by atoms with Crippen molar-refractivity contribution in [1.82, 2.24) is 14.9 Å². The Hall–Kier alpha value is -1.80. The van der Waals surface area contributed by atoms with Crippen LogP contribution in [0.3, 0.4) is 0 Å². The van der Waals surface area contributed by atoms with Crippen LogP contribution >= 0.6 is 0 Å². The van der Waals surface area contributed by atoms with E-state index in [1.807, 2.05) is 25.1 Å². The highest BCUT2D eigenvalue weighted by molar-refractivity contribution is 7.88. The number of amides is 2. The number of nitrogens with one attached hydrogen (secondary N) is 2. The molecule has 1 saturated heterocycles. The van der Waals surface area contributed by atoms with Gasteiger partial charge in [-0.2, -0.15) is 0 Å². The molecule has 1 aliphatic heterocycles. The molecule has 0 unspecified atom stereocenters. The molecule has 2 N–H and O–H groups in total. The van der Waals surface area contributed by atoms with Crippen LogP contribution in [0.4, 0.5) is 10.5 Å². The zero-order valence-electron chi connectivity index (χ0n) is 15.6. The Balaban J connectivity index is 1.63. The van der Waals surface area contributed by atoms with Gasteiger partial charge in [-0.25, -0.2) is 17.5 Å². The van der Waals surface area contributed by atoms with Crippen LogP contribution in [0.15, 0.2) is 30.3 Å². The minimum absolute atomic E-state index is 0.175. The van der Waals surface area contributed by atoms with Crippen LogP contribution in [0.5, 0.6) is 0 Å². The Morgan fingerprint density at radius 1 is 1.23 bits per heavy atom. The van der Waals surface area contributed by atoms with Gasteiger partial charge >= 0.3 is 6.03 Å². The molecular formula is C18H30N4O3S. The number of urea groups is 1. The summed E-state index contributed by atoms with van der Waals surface area (Å²) < 4.78 is 24.4. The molecule has 1 aliphatic rings. The van der Waals surface area contributed by atoms with E-state index >= 15 is 0 Å². The number of benzene rings is 1. The summed E-state index contributed by atoms with van der Waals surface area (Å²) in [5, 5.41) is 5.83. The van der Waals surface area contributed by atoms with Gasteiger partial charge in [0.05, 0.1) is 6.26 Å². The zero-order valence-corrected chi connectivity index (χ0v) is 16.5. The van der Waals surface area contributed by atoms with Crippen LogP contribution in [0.2, 0.25) is 0 Å². The number of hydrogen-bond donors (Lipinski definition) is 2. The molecule has 146 valence electrons. The Bertz CT molecular complexity index is 658. The van der Waals surface area contributed by atoms with Gasteiger partial charge in [0.1, 0.15) is 0 Å². The van der Waals surface area contributed by atoms with E-state index in [1.165, 1.54) is 16.2 Å². The fourth-order valence-electron chi connectivity index (χ4n) is 3.17. The Morgan fingerprint density at radius 3 is 2.46 bits per heavy atom. The first kappa shape index (κ1) is 20.5. The van der Waals surface area contributed by atoms with Gasteiger partial charge in [0.15, 0.2) is 0 Å². The van der Waals surface area contributed by atoms with Crippen molar-refractivity contribution in [2.75, 3.05) is 43.9 Å². The number of para-hydroxylation sites is 1. The summed E-state index contributed by atoms with van der Waals surface area (Å²) in [6, 6.07) is 10.3. The van der Waals surface area contributed by atoms with Gasteiger partial charge in [-0.05, 0) is 31.4 Å². The Kier molecular flexibility index (Phi) is 7.71. The van der Waals surface area contributed by atoms with Crippen LogP contribution in [-0.2, 0) is 10.0 Å². The second-order valence-electron chi connectivity index (χ2n) is 6.61. The van der Waals surface area contributed by atoms with E-state index in [0.29, 0.717) is 26.1 Å². The average molecular weight is 383 g/mol.